The first kappa shape index (κ1) is 15.7. The van der Waals surface area contributed by atoms with Gasteiger partial charge < -0.3 is 10.2 Å². The monoisotopic (exact) mass is 338 g/mol. The number of carbonyl (C=O) groups excluding carboxylic acids is 2. The fourth-order valence-electron chi connectivity index (χ4n) is 3.11. The number of fused-ring (bicyclic) bond motifs is 1. The van der Waals surface area contributed by atoms with Gasteiger partial charge in [-0.1, -0.05) is 23.7 Å². The van der Waals surface area contributed by atoms with Crippen LogP contribution < -0.4 is 5.32 Å². The molecule has 2 aliphatic rings. The molecule has 22 heavy (non-hydrogen) atoms. The first-order valence-corrected chi connectivity index (χ1v) is 8.84. The quantitative estimate of drug-likeness (QED) is 0.917. The van der Waals surface area contributed by atoms with E-state index in [2.05, 4.69) is 12.2 Å². The minimum atomic E-state index is -0.324. The highest BCUT2D eigenvalue weighted by molar-refractivity contribution is 8.01. The van der Waals surface area contributed by atoms with Gasteiger partial charge in [0.1, 0.15) is 6.04 Å². The van der Waals surface area contributed by atoms with Gasteiger partial charge in [0.2, 0.25) is 11.8 Å². The summed E-state index contributed by atoms with van der Waals surface area (Å²) in [6, 6.07) is 7.29. The van der Waals surface area contributed by atoms with Crippen LogP contribution in [0.1, 0.15) is 25.3 Å². The van der Waals surface area contributed by atoms with Crippen LogP contribution in [-0.2, 0) is 16.0 Å². The molecule has 1 aromatic carbocycles. The van der Waals surface area contributed by atoms with Crippen molar-refractivity contribution in [2.75, 3.05) is 12.3 Å². The van der Waals surface area contributed by atoms with Crippen molar-refractivity contribution < 1.29 is 9.59 Å². The van der Waals surface area contributed by atoms with E-state index in [9.17, 15) is 9.59 Å². The summed E-state index contributed by atoms with van der Waals surface area (Å²) in [4.78, 5) is 26.0. The molecule has 3 rings (SSSR count). The first-order chi connectivity index (χ1) is 10.5. The molecule has 2 fully saturated rings. The van der Waals surface area contributed by atoms with Gasteiger partial charge in [0.15, 0.2) is 0 Å². The van der Waals surface area contributed by atoms with Crippen LogP contribution in [0.25, 0.3) is 0 Å². The van der Waals surface area contributed by atoms with E-state index in [-0.39, 0.29) is 22.7 Å². The van der Waals surface area contributed by atoms with E-state index in [1.807, 2.05) is 24.3 Å². The molecule has 0 aromatic heterocycles. The fraction of sp³-hybridized carbons (Fsp3) is 0.500. The van der Waals surface area contributed by atoms with E-state index in [0.717, 1.165) is 18.4 Å². The molecule has 1 aromatic rings. The Morgan fingerprint density at radius 3 is 2.91 bits per heavy atom. The van der Waals surface area contributed by atoms with Crippen molar-refractivity contribution >= 4 is 35.2 Å². The third-order valence-corrected chi connectivity index (χ3v) is 6.13. The molecule has 0 aliphatic carbocycles. The topological polar surface area (TPSA) is 49.4 Å². The lowest BCUT2D eigenvalue weighted by molar-refractivity contribution is -0.137. The number of halogens is 1. The molecule has 2 atom stereocenters. The van der Waals surface area contributed by atoms with Crippen LogP contribution in [0, 0.1) is 0 Å². The summed E-state index contributed by atoms with van der Waals surface area (Å²) in [6.45, 7) is 2.63. The summed E-state index contributed by atoms with van der Waals surface area (Å²) in [6.07, 6.45) is 2.15. The molecule has 0 bridgehead atoms. The van der Waals surface area contributed by atoms with Gasteiger partial charge in [-0.2, -0.15) is 0 Å². The number of thioether (sulfide) groups is 1. The second-order valence-corrected chi connectivity index (χ2v) is 7.87. The van der Waals surface area contributed by atoms with Crippen LogP contribution >= 0.6 is 23.4 Å². The van der Waals surface area contributed by atoms with Gasteiger partial charge >= 0.3 is 0 Å². The number of nitrogens with zero attached hydrogens (tertiary/aromatic N) is 1. The van der Waals surface area contributed by atoms with Gasteiger partial charge in [0, 0.05) is 23.7 Å². The molecule has 2 amide bonds. The lowest BCUT2D eigenvalue weighted by atomic mass is 10.1. The molecule has 6 heteroatoms. The van der Waals surface area contributed by atoms with Gasteiger partial charge in [-0.15, -0.1) is 11.8 Å². The zero-order chi connectivity index (χ0) is 15.7. The Morgan fingerprint density at radius 2 is 2.18 bits per heavy atom. The van der Waals surface area contributed by atoms with E-state index in [0.29, 0.717) is 23.7 Å². The van der Waals surface area contributed by atoms with Crippen molar-refractivity contribution in [3.63, 3.8) is 0 Å². The van der Waals surface area contributed by atoms with Crippen LogP contribution in [0.4, 0.5) is 0 Å². The van der Waals surface area contributed by atoms with Crippen LogP contribution in [-0.4, -0.2) is 39.9 Å². The summed E-state index contributed by atoms with van der Waals surface area (Å²) >= 11 is 7.57. The van der Waals surface area contributed by atoms with Crippen LogP contribution in [0.15, 0.2) is 24.3 Å². The van der Waals surface area contributed by atoms with E-state index in [1.165, 1.54) is 0 Å². The summed E-state index contributed by atoms with van der Waals surface area (Å²) < 4.78 is 0. The maximum absolute atomic E-state index is 12.4. The van der Waals surface area contributed by atoms with Crippen molar-refractivity contribution in [2.45, 2.75) is 37.1 Å². The third kappa shape index (κ3) is 2.97. The summed E-state index contributed by atoms with van der Waals surface area (Å²) in [5.74, 6) is 0.750. The molecule has 2 saturated heterocycles. The Morgan fingerprint density at radius 1 is 1.45 bits per heavy atom. The van der Waals surface area contributed by atoms with E-state index < -0.39 is 0 Å². The summed E-state index contributed by atoms with van der Waals surface area (Å²) in [5, 5.41) is 3.67. The zero-order valence-corrected chi connectivity index (χ0v) is 14.0. The SMILES string of the molecule is CC12CCC(=O)N1C(C(=O)NCCc1ccc(Cl)cc1)CS2. The van der Waals surface area contributed by atoms with Crippen molar-refractivity contribution in [1.29, 1.82) is 0 Å². The van der Waals surface area contributed by atoms with E-state index in [1.54, 1.807) is 16.7 Å². The van der Waals surface area contributed by atoms with Gasteiger partial charge in [-0.25, -0.2) is 0 Å². The average Bonchev–Trinajstić information content (AvgIpc) is 2.98. The Labute approximate surface area is 139 Å². The molecular weight excluding hydrogens is 320 g/mol. The molecule has 0 saturated carbocycles. The maximum atomic E-state index is 12.4. The Balaban J connectivity index is 1.54. The van der Waals surface area contributed by atoms with Crippen molar-refractivity contribution in [3.8, 4) is 0 Å². The van der Waals surface area contributed by atoms with Gasteiger partial charge in [0.25, 0.3) is 0 Å². The molecule has 2 heterocycles. The van der Waals surface area contributed by atoms with Gasteiger partial charge in [0.05, 0.1) is 4.87 Å². The van der Waals surface area contributed by atoms with Crippen molar-refractivity contribution in [3.05, 3.63) is 34.9 Å². The molecule has 4 nitrogen and oxygen atoms in total. The molecule has 0 radical (unpaired) electrons. The average molecular weight is 339 g/mol. The zero-order valence-electron chi connectivity index (χ0n) is 12.5. The minimum Gasteiger partial charge on any atom is -0.354 e. The van der Waals surface area contributed by atoms with Gasteiger partial charge in [-0.05, 0) is 37.5 Å². The van der Waals surface area contributed by atoms with Crippen molar-refractivity contribution in [1.82, 2.24) is 10.2 Å². The largest absolute Gasteiger partial charge is 0.354 e. The predicted molar refractivity (Wildman–Crippen MR) is 88.9 cm³/mol. The lowest BCUT2D eigenvalue weighted by Gasteiger charge is -2.29. The molecule has 2 unspecified atom stereocenters. The number of benzene rings is 1. The maximum Gasteiger partial charge on any atom is 0.243 e. The van der Waals surface area contributed by atoms with E-state index in [4.69, 9.17) is 11.6 Å². The number of nitrogens with one attached hydrogen (secondary N) is 1. The molecule has 0 spiro atoms. The van der Waals surface area contributed by atoms with Crippen molar-refractivity contribution in [2.24, 2.45) is 0 Å². The molecule has 118 valence electrons. The smallest absolute Gasteiger partial charge is 0.243 e. The van der Waals surface area contributed by atoms with Crippen LogP contribution in [0.2, 0.25) is 5.02 Å². The molecular formula is C16H19ClN2O2S. The van der Waals surface area contributed by atoms with Crippen LogP contribution in [0.5, 0.6) is 0 Å². The fourth-order valence-corrected chi connectivity index (χ4v) is 4.67. The highest BCUT2D eigenvalue weighted by Gasteiger charge is 2.52. The minimum absolute atomic E-state index is 0.0413. The number of rotatable bonds is 4. The number of hydrogen-bond acceptors (Lipinski definition) is 3. The number of hydrogen-bond donors (Lipinski definition) is 1. The Bertz CT molecular complexity index is 592. The Kier molecular flexibility index (Phi) is 4.37. The lowest BCUT2D eigenvalue weighted by Crippen LogP contribution is -2.50. The number of amides is 2. The summed E-state index contributed by atoms with van der Waals surface area (Å²) in [5.41, 5.74) is 1.13. The van der Waals surface area contributed by atoms with Crippen LogP contribution in [0.3, 0.4) is 0 Å². The molecule has 1 N–H and O–H groups in total. The number of carbonyl (C=O) groups is 2. The second kappa shape index (κ2) is 6.13. The highest BCUT2D eigenvalue weighted by atomic mass is 35.5. The standard InChI is InChI=1S/C16H19ClN2O2S/c1-16-8-6-14(20)19(16)13(10-22-16)15(21)18-9-7-11-2-4-12(17)5-3-11/h2-5,13H,6-10H2,1H3,(H,18,21). The second-order valence-electron chi connectivity index (χ2n) is 5.93. The highest BCUT2D eigenvalue weighted by Crippen LogP contribution is 2.47. The summed E-state index contributed by atoms with van der Waals surface area (Å²) in [7, 11) is 0. The predicted octanol–water partition coefficient (Wildman–Crippen LogP) is 2.45. The normalized spacial score (nSPS) is 27.1. The third-order valence-electron chi connectivity index (χ3n) is 4.37. The first-order valence-electron chi connectivity index (χ1n) is 7.48. The Hall–Kier alpha value is -1.20. The van der Waals surface area contributed by atoms with Gasteiger partial charge in [-0.3, -0.25) is 9.59 Å². The van der Waals surface area contributed by atoms with E-state index >= 15 is 0 Å². The molecule has 2 aliphatic heterocycles.